The zero-order valence-electron chi connectivity index (χ0n) is 10.1. The molecule has 0 fully saturated rings. The van der Waals surface area contributed by atoms with Gasteiger partial charge in [0.2, 0.25) is 0 Å². The van der Waals surface area contributed by atoms with E-state index in [2.05, 4.69) is 6.07 Å². The summed E-state index contributed by atoms with van der Waals surface area (Å²) in [5.74, 6) is 0. The van der Waals surface area contributed by atoms with Gasteiger partial charge in [-0.1, -0.05) is 35.9 Å². The van der Waals surface area contributed by atoms with Gasteiger partial charge < -0.3 is 0 Å². The number of benzene rings is 2. The van der Waals surface area contributed by atoms with Gasteiger partial charge in [0.15, 0.2) is 0 Å². The van der Waals surface area contributed by atoms with Gasteiger partial charge in [0.25, 0.3) is 9.05 Å². The first-order chi connectivity index (χ1) is 8.38. The molecule has 0 aromatic heterocycles. The maximum atomic E-state index is 11.3. The smallest absolute Gasteiger partial charge is 0.207 e. The van der Waals surface area contributed by atoms with Gasteiger partial charge in [-0.05, 0) is 42.7 Å². The first-order valence-corrected chi connectivity index (χ1v) is 7.81. The Labute approximate surface area is 112 Å². The van der Waals surface area contributed by atoms with Crippen molar-refractivity contribution < 1.29 is 8.42 Å². The van der Waals surface area contributed by atoms with Crippen molar-refractivity contribution in [1.29, 1.82) is 0 Å². The fraction of sp³-hybridized carbons (Fsp3) is 0.143. The molecule has 0 saturated heterocycles. The summed E-state index contributed by atoms with van der Waals surface area (Å²) >= 11 is 0. The topological polar surface area (TPSA) is 34.1 Å². The quantitative estimate of drug-likeness (QED) is 0.782. The van der Waals surface area contributed by atoms with E-state index in [9.17, 15) is 8.42 Å². The predicted octanol–water partition coefficient (Wildman–Crippen LogP) is 3.90. The minimum absolute atomic E-state index is 0.127. The summed E-state index contributed by atoms with van der Waals surface area (Å²) in [6, 6.07) is 12.7. The van der Waals surface area contributed by atoms with Crippen molar-refractivity contribution in [3.8, 4) is 11.1 Å². The maximum Gasteiger partial charge on any atom is 0.261 e. The van der Waals surface area contributed by atoms with Crippen molar-refractivity contribution in [1.82, 2.24) is 0 Å². The SMILES string of the molecule is Cc1ccc(-c2cccc(S(=O)(=O)Cl)c2)c(C)c1. The molecule has 2 rings (SSSR count). The molecule has 0 atom stereocenters. The Hall–Kier alpha value is -1.32. The lowest BCUT2D eigenvalue weighted by atomic mass is 9.99. The minimum atomic E-state index is -3.68. The second-order valence-electron chi connectivity index (χ2n) is 4.28. The molecule has 94 valence electrons. The molecule has 0 unspecified atom stereocenters. The van der Waals surface area contributed by atoms with E-state index in [-0.39, 0.29) is 4.90 Å². The largest absolute Gasteiger partial charge is 0.261 e. The van der Waals surface area contributed by atoms with E-state index in [4.69, 9.17) is 10.7 Å². The Kier molecular flexibility index (Phi) is 3.46. The molecule has 0 spiro atoms. The molecular weight excluding hydrogens is 268 g/mol. The molecule has 0 aliphatic carbocycles. The second-order valence-corrected chi connectivity index (χ2v) is 6.85. The second kappa shape index (κ2) is 4.75. The van der Waals surface area contributed by atoms with Crippen LogP contribution < -0.4 is 0 Å². The molecule has 0 amide bonds. The van der Waals surface area contributed by atoms with Crippen LogP contribution in [0.4, 0.5) is 0 Å². The normalized spacial score (nSPS) is 11.5. The lowest BCUT2D eigenvalue weighted by Gasteiger charge is -2.08. The summed E-state index contributed by atoms with van der Waals surface area (Å²) in [7, 11) is 1.67. The van der Waals surface area contributed by atoms with E-state index < -0.39 is 9.05 Å². The molecule has 2 nitrogen and oxygen atoms in total. The van der Waals surface area contributed by atoms with Gasteiger partial charge in [0, 0.05) is 10.7 Å². The Bertz CT molecular complexity index is 691. The third-order valence-electron chi connectivity index (χ3n) is 2.81. The average molecular weight is 281 g/mol. The number of aryl methyl sites for hydroxylation is 2. The average Bonchev–Trinajstić information content (AvgIpc) is 2.28. The van der Waals surface area contributed by atoms with Crippen molar-refractivity contribution in [2.75, 3.05) is 0 Å². The first-order valence-electron chi connectivity index (χ1n) is 5.50. The van der Waals surface area contributed by atoms with Gasteiger partial charge in [-0.2, -0.15) is 0 Å². The number of hydrogen-bond acceptors (Lipinski definition) is 2. The number of halogens is 1. The summed E-state index contributed by atoms with van der Waals surface area (Å²) in [4.78, 5) is 0.127. The van der Waals surface area contributed by atoms with E-state index in [1.165, 1.54) is 11.6 Å². The molecule has 4 heteroatoms. The Morgan fingerprint density at radius 3 is 2.33 bits per heavy atom. The van der Waals surface area contributed by atoms with Gasteiger partial charge in [-0.15, -0.1) is 0 Å². The number of hydrogen-bond donors (Lipinski definition) is 0. The van der Waals surface area contributed by atoms with Crippen LogP contribution in [0.5, 0.6) is 0 Å². The van der Waals surface area contributed by atoms with Crippen molar-refractivity contribution in [2.24, 2.45) is 0 Å². The van der Waals surface area contributed by atoms with E-state index in [0.29, 0.717) is 0 Å². The third kappa shape index (κ3) is 2.74. The van der Waals surface area contributed by atoms with Gasteiger partial charge in [-0.3, -0.25) is 0 Å². The zero-order valence-corrected chi connectivity index (χ0v) is 11.7. The lowest BCUT2D eigenvalue weighted by molar-refractivity contribution is 0.609. The van der Waals surface area contributed by atoms with Crippen LogP contribution in [-0.4, -0.2) is 8.42 Å². The predicted molar refractivity (Wildman–Crippen MR) is 74.4 cm³/mol. The molecule has 0 N–H and O–H groups in total. The lowest BCUT2D eigenvalue weighted by Crippen LogP contribution is -1.91. The maximum absolute atomic E-state index is 11.3. The van der Waals surface area contributed by atoms with Crippen LogP contribution in [0.15, 0.2) is 47.4 Å². The molecule has 0 saturated carbocycles. The van der Waals surface area contributed by atoms with Crippen molar-refractivity contribution in [3.63, 3.8) is 0 Å². The highest BCUT2D eigenvalue weighted by molar-refractivity contribution is 8.13. The van der Waals surface area contributed by atoms with E-state index in [1.807, 2.05) is 32.0 Å². The van der Waals surface area contributed by atoms with Crippen LogP contribution in [0.1, 0.15) is 11.1 Å². The zero-order chi connectivity index (χ0) is 13.3. The molecule has 0 aliphatic heterocycles. The summed E-state index contributed by atoms with van der Waals surface area (Å²) in [5, 5.41) is 0. The van der Waals surface area contributed by atoms with E-state index >= 15 is 0 Å². The molecule has 2 aromatic rings. The number of rotatable bonds is 2. The highest BCUT2D eigenvalue weighted by atomic mass is 35.7. The Balaban J connectivity index is 2.58. The van der Waals surface area contributed by atoms with Gasteiger partial charge in [0.05, 0.1) is 4.90 Å². The summed E-state index contributed by atoms with van der Waals surface area (Å²) in [5.41, 5.74) is 4.16. The van der Waals surface area contributed by atoms with Gasteiger partial charge in [-0.25, -0.2) is 8.42 Å². The summed E-state index contributed by atoms with van der Waals surface area (Å²) in [6.45, 7) is 4.03. The van der Waals surface area contributed by atoms with Crippen molar-refractivity contribution in [2.45, 2.75) is 18.7 Å². The van der Waals surface area contributed by atoms with Gasteiger partial charge >= 0.3 is 0 Å². The minimum Gasteiger partial charge on any atom is -0.207 e. The molecule has 0 aliphatic rings. The molecule has 18 heavy (non-hydrogen) atoms. The molecule has 0 heterocycles. The summed E-state index contributed by atoms with van der Waals surface area (Å²) < 4.78 is 22.6. The molecule has 0 bridgehead atoms. The van der Waals surface area contributed by atoms with Crippen LogP contribution in [0.25, 0.3) is 11.1 Å². The fourth-order valence-corrected chi connectivity index (χ4v) is 2.75. The van der Waals surface area contributed by atoms with Crippen LogP contribution in [0.2, 0.25) is 0 Å². The fourth-order valence-electron chi connectivity index (χ4n) is 1.95. The summed E-state index contributed by atoms with van der Waals surface area (Å²) in [6.07, 6.45) is 0. The van der Waals surface area contributed by atoms with Crippen LogP contribution in [0, 0.1) is 13.8 Å². The van der Waals surface area contributed by atoms with Crippen LogP contribution in [-0.2, 0) is 9.05 Å². The molecule has 0 radical (unpaired) electrons. The van der Waals surface area contributed by atoms with E-state index in [0.717, 1.165) is 16.7 Å². The van der Waals surface area contributed by atoms with Crippen LogP contribution in [0.3, 0.4) is 0 Å². The monoisotopic (exact) mass is 280 g/mol. The Morgan fingerprint density at radius 1 is 1.00 bits per heavy atom. The van der Waals surface area contributed by atoms with E-state index in [1.54, 1.807) is 12.1 Å². The highest BCUT2D eigenvalue weighted by Gasteiger charge is 2.11. The third-order valence-corrected chi connectivity index (χ3v) is 4.16. The molecule has 2 aromatic carbocycles. The first kappa shape index (κ1) is 13.1. The molecular formula is C14H13ClO2S. The van der Waals surface area contributed by atoms with Crippen molar-refractivity contribution >= 4 is 19.7 Å². The standard InChI is InChI=1S/C14H13ClO2S/c1-10-6-7-14(11(2)8-10)12-4-3-5-13(9-12)18(15,16)17/h3-9H,1-2H3. The van der Waals surface area contributed by atoms with Crippen LogP contribution >= 0.6 is 10.7 Å². The Morgan fingerprint density at radius 2 is 1.72 bits per heavy atom. The van der Waals surface area contributed by atoms with Crippen molar-refractivity contribution in [3.05, 3.63) is 53.6 Å². The highest BCUT2D eigenvalue weighted by Crippen LogP contribution is 2.27. The van der Waals surface area contributed by atoms with Gasteiger partial charge in [0.1, 0.15) is 0 Å².